The molecule has 1 heterocycles. The zero-order valence-corrected chi connectivity index (χ0v) is 9.95. The molecule has 0 aromatic heterocycles. The van der Waals surface area contributed by atoms with Gasteiger partial charge in [-0.25, -0.2) is 4.39 Å². The van der Waals surface area contributed by atoms with Crippen LogP contribution in [0.4, 0.5) is 10.1 Å². The first kappa shape index (κ1) is 12.0. The quantitative estimate of drug-likeness (QED) is 0.854. The highest BCUT2D eigenvalue weighted by atomic mass is 19.1. The van der Waals surface area contributed by atoms with Crippen molar-refractivity contribution < 1.29 is 9.18 Å². The van der Waals surface area contributed by atoms with Crippen molar-refractivity contribution in [3.05, 3.63) is 30.1 Å². The third-order valence-corrected chi connectivity index (χ3v) is 3.20. The fourth-order valence-electron chi connectivity index (χ4n) is 2.18. The molecule has 1 aromatic carbocycles. The molecule has 0 aliphatic carbocycles. The van der Waals surface area contributed by atoms with Crippen molar-refractivity contribution in [2.75, 3.05) is 18.9 Å². The van der Waals surface area contributed by atoms with Gasteiger partial charge >= 0.3 is 0 Å². The molecular weight excluding hydrogens is 219 g/mol. The molecular formula is C13H17FN2O. The zero-order chi connectivity index (χ0) is 12.3. The fraction of sp³-hybridized carbons (Fsp3) is 0.462. The summed E-state index contributed by atoms with van der Waals surface area (Å²) in [7, 11) is 1.94. The lowest BCUT2D eigenvalue weighted by molar-refractivity contribution is -0.121. The predicted octanol–water partition coefficient (Wildman–Crippen LogP) is 2.25. The maximum atomic E-state index is 13.4. The SMILES string of the molecule is CN1CCCCC1C(=O)Nc1ccccc1F. The molecule has 1 aromatic rings. The van der Waals surface area contributed by atoms with Crippen molar-refractivity contribution in [2.45, 2.75) is 25.3 Å². The molecule has 92 valence electrons. The molecule has 0 saturated carbocycles. The molecule has 1 saturated heterocycles. The second-order valence-electron chi connectivity index (χ2n) is 4.46. The van der Waals surface area contributed by atoms with Crippen LogP contribution in [0.1, 0.15) is 19.3 Å². The molecule has 1 atom stereocenters. The number of likely N-dealkylation sites (tertiary alicyclic amines) is 1. The predicted molar refractivity (Wildman–Crippen MR) is 65.3 cm³/mol. The van der Waals surface area contributed by atoms with Crippen molar-refractivity contribution in [3.63, 3.8) is 0 Å². The summed E-state index contributed by atoms with van der Waals surface area (Å²) in [5.41, 5.74) is 0.261. The Bertz CT molecular complexity index is 408. The van der Waals surface area contributed by atoms with Gasteiger partial charge in [-0.3, -0.25) is 9.69 Å². The minimum atomic E-state index is -0.390. The third kappa shape index (κ3) is 2.82. The topological polar surface area (TPSA) is 32.3 Å². The van der Waals surface area contributed by atoms with Crippen molar-refractivity contribution in [1.82, 2.24) is 4.90 Å². The molecule has 0 bridgehead atoms. The summed E-state index contributed by atoms with van der Waals surface area (Å²) < 4.78 is 13.4. The van der Waals surface area contributed by atoms with Crippen LogP contribution in [-0.4, -0.2) is 30.4 Å². The number of hydrogen-bond donors (Lipinski definition) is 1. The van der Waals surface area contributed by atoms with Crippen LogP contribution in [0, 0.1) is 5.82 Å². The average molecular weight is 236 g/mol. The van der Waals surface area contributed by atoms with Crippen LogP contribution in [0.2, 0.25) is 0 Å². The molecule has 1 aliphatic heterocycles. The Hall–Kier alpha value is -1.42. The van der Waals surface area contributed by atoms with Crippen LogP contribution in [0.25, 0.3) is 0 Å². The minimum absolute atomic E-state index is 0.114. The van der Waals surface area contributed by atoms with E-state index in [9.17, 15) is 9.18 Å². The van der Waals surface area contributed by atoms with Crippen molar-refractivity contribution in [2.24, 2.45) is 0 Å². The van der Waals surface area contributed by atoms with E-state index in [1.54, 1.807) is 18.2 Å². The molecule has 1 fully saturated rings. The van der Waals surface area contributed by atoms with E-state index in [1.165, 1.54) is 6.07 Å². The number of benzene rings is 1. The largest absolute Gasteiger partial charge is 0.322 e. The minimum Gasteiger partial charge on any atom is -0.322 e. The van der Waals surface area contributed by atoms with Crippen molar-refractivity contribution in [3.8, 4) is 0 Å². The Morgan fingerprint density at radius 3 is 2.88 bits per heavy atom. The van der Waals surface area contributed by atoms with Gasteiger partial charge < -0.3 is 5.32 Å². The third-order valence-electron chi connectivity index (χ3n) is 3.20. The Morgan fingerprint density at radius 1 is 1.41 bits per heavy atom. The molecule has 2 rings (SSSR count). The van der Waals surface area contributed by atoms with E-state index >= 15 is 0 Å². The Morgan fingerprint density at radius 2 is 2.18 bits per heavy atom. The molecule has 1 amide bonds. The van der Waals surface area contributed by atoms with Gasteiger partial charge in [-0.05, 0) is 38.6 Å². The van der Waals surface area contributed by atoms with E-state index in [1.807, 2.05) is 11.9 Å². The number of carbonyl (C=O) groups is 1. The van der Waals surface area contributed by atoms with E-state index in [0.717, 1.165) is 25.8 Å². The van der Waals surface area contributed by atoms with Crippen LogP contribution in [0.15, 0.2) is 24.3 Å². The van der Waals surface area contributed by atoms with Gasteiger partial charge in [0.15, 0.2) is 0 Å². The lowest BCUT2D eigenvalue weighted by atomic mass is 10.0. The van der Waals surface area contributed by atoms with Gasteiger partial charge in [0.25, 0.3) is 0 Å². The first-order valence-electron chi connectivity index (χ1n) is 5.94. The van der Waals surface area contributed by atoms with Crippen molar-refractivity contribution >= 4 is 11.6 Å². The lowest BCUT2D eigenvalue weighted by Gasteiger charge is -2.31. The smallest absolute Gasteiger partial charge is 0.241 e. The number of piperidine rings is 1. The van der Waals surface area contributed by atoms with Gasteiger partial charge in [-0.2, -0.15) is 0 Å². The van der Waals surface area contributed by atoms with E-state index in [-0.39, 0.29) is 23.5 Å². The van der Waals surface area contributed by atoms with Crippen LogP contribution < -0.4 is 5.32 Å². The van der Waals surface area contributed by atoms with Gasteiger partial charge in [-0.1, -0.05) is 18.6 Å². The van der Waals surface area contributed by atoms with Crippen LogP contribution in [-0.2, 0) is 4.79 Å². The van der Waals surface area contributed by atoms with Gasteiger partial charge in [0.05, 0.1) is 11.7 Å². The number of amides is 1. The summed E-state index contributed by atoms with van der Waals surface area (Å²) in [5, 5.41) is 2.65. The van der Waals surface area contributed by atoms with E-state index in [0.29, 0.717) is 0 Å². The number of nitrogens with zero attached hydrogens (tertiary/aromatic N) is 1. The first-order valence-corrected chi connectivity index (χ1v) is 5.94. The summed E-state index contributed by atoms with van der Waals surface area (Å²) >= 11 is 0. The first-order chi connectivity index (χ1) is 8.18. The van der Waals surface area contributed by atoms with Crippen LogP contribution in [0.3, 0.4) is 0 Å². The number of carbonyl (C=O) groups excluding carboxylic acids is 1. The highest BCUT2D eigenvalue weighted by molar-refractivity contribution is 5.94. The normalized spacial score (nSPS) is 21.2. The molecule has 4 heteroatoms. The Labute approximate surface area is 101 Å². The highest BCUT2D eigenvalue weighted by Crippen LogP contribution is 2.18. The van der Waals surface area contributed by atoms with E-state index in [2.05, 4.69) is 5.32 Å². The molecule has 3 nitrogen and oxygen atoms in total. The highest BCUT2D eigenvalue weighted by Gasteiger charge is 2.26. The number of hydrogen-bond acceptors (Lipinski definition) is 2. The molecule has 0 spiro atoms. The van der Waals surface area contributed by atoms with E-state index in [4.69, 9.17) is 0 Å². The van der Waals surface area contributed by atoms with Crippen molar-refractivity contribution in [1.29, 1.82) is 0 Å². The van der Waals surface area contributed by atoms with Gasteiger partial charge in [0.2, 0.25) is 5.91 Å². The maximum Gasteiger partial charge on any atom is 0.241 e. The fourth-order valence-corrected chi connectivity index (χ4v) is 2.18. The summed E-state index contributed by atoms with van der Waals surface area (Å²) in [5.74, 6) is -0.503. The summed E-state index contributed by atoms with van der Waals surface area (Å²) in [4.78, 5) is 14.0. The second kappa shape index (κ2) is 5.27. The maximum absolute atomic E-state index is 13.4. The lowest BCUT2D eigenvalue weighted by Crippen LogP contribution is -2.44. The molecule has 1 N–H and O–H groups in total. The second-order valence-corrected chi connectivity index (χ2v) is 4.46. The number of nitrogens with one attached hydrogen (secondary N) is 1. The number of anilines is 1. The molecule has 1 aliphatic rings. The number of para-hydroxylation sites is 1. The van der Waals surface area contributed by atoms with Gasteiger partial charge in [-0.15, -0.1) is 0 Å². The Balaban J connectivity index is 2.03. The molecule has 1 unspecified atom stereocenters. The standard InChI is InChI=1S/C13H17FN2O/c1-16-9-5-4-8-12(16)13(17)15-11-7-3-2-6-10(11)14/h2-3,6-7,12H,4-5,8-9H2,1H3,(H,15,17). The number of halogens is 1. The summed E-state index contributed by atoms with van der Waals surface area (Å²) in [6.07, 6.45) is 3.02. The molecule has 17 heavy (non-hydrogen) atoms. The number of rotatable bonds is 2. The van der Waals surface area contributed by atoms with Gasteiger partial charge in [0.1, 0.15) is 5.82 Å². The monoisotopic (exact) mass is 236 g/mol. The summed E-state index contributed by atoms with van der Waals surface area (Å²) in [6.45, 7) is 0.926. The number of likely N-dealkylation sites (N-methyl/N-ethyl adjacent to an activating group) is 1. The average Bonchev–Trinajstić information content (AvgIpc) is 2.32. The zero-order valence-electron chi connectivity index (χ0n) is 9.95. The molecule has 0 radical (unpaired) electrons. The van der Waals surface area contributed by atoms with Crippen LogP contribution in [0.5, 0.6) is 0 Å². The van der Waals surface area contributed by atoms with Crippen LogP contribution >= 0.6 is 0 Å². The van der Waals surface area contributed by atoms with E-state index < -0.39 is 0 Å². The summed E-state index contributed by atoms with van der Waals surface area (Å²) in [6, 6.07) is 6.11. The van der Waals surface area contributed by atoms with Gasteiger partial charge in [0, 0.05) is 0 Å². The Kier molecular flexibility index (Phi) is 3.74.